The van der Waals surface area contributed by atoms with E-state index in [0.717, 1.165) is 12.8 Å². The van der Waals surface area contributed by atoms with Gasteiger partial charge in [-0.15, -0.1) is 0 Å². The number of aryl methyl sites for hydroxylation is 1. The Morgan fingerprint density at radius 1 is 0.724 bits per heavy atom. The predicted molar refractivity (Wildman–Crippen MR) is 115 cm³/mol. The molecule has 0 saturated carbocycles. The van der Waals surface area contributed by atoms with Crippen molar-refractivity contribution < 1.29 is 14.3 Å². The Labute approximate surface area is 170 Å². The van der Waals surface area contributed by atoms with Gasteiger partial charge in [-0.25, -0.2) is 0 Å². The number of para-hydroxylation sites is 1. The van der Waals surface area contributed by atoms with Crippen LogP contribution in [0.3, 0.4) is 0 Å². The Morgan fingerprint density at radius 3 is 2.03 bits per heavy atom. The summed E-state index contributed by atoms with van der Waals surface area (Å²) in [4.78, 5) is 24.2. The highest BCUT2D eigenvalue weighted by molar-refractivity contribution is 5.94. The summed E-state index contributed by atoms with van der Waals surface area (Å²) in [5.41, 5.74) is 2.48. The summed E-state index contributed by atoms with van der Waals surface area (Å²) >= 11 is 0. The van der Waals surface area contributed by atoms with Crippen LogP contribution in [0, 0.1) is 0 Å². The molecule has 3 aromatic carbocycles. The molecule has 0 aliphatic heterocycles. The van der Waals surface area contributed by atoms with E-state index in [1.54, 1.807) is 36.4 Å². The topological polar surface area (TPSA) is 67.4 Å². The van der Waals surface area contributed by atoms with Crippen molar-refractivity contribution in [3.63, 3.8) is 0 Å². The van der Waals surface area contributed by atoms with Gasteiger partial charge < -0.3 is 15.4 Å². The van der Waals surface area contributed by atoms with Crippen molar-refractivity contribution in [1.82, 2.24) is 0 Å². The van der Waals surface area contributed by atoms with E-state index in [1.165, 1.54) is 5.56 Å². The molecule has 0 aliphatic rings. The second kappa shape index (κ2) is 10.7. The zero-order valence-electron chi connectivity index (χ0n) is 16.1. The molecule has 0 spiro atoms. The number of hydrogen-bond acceptors (Lipinski definition) is 3. The van der Waals surface area contributed by atoms with Gasteiger partial charge in [0.1, 0.15) is 5.75 Å². The fourth-order valence-electron chi connectivity index (χ4n) is 2.86. The number of carbonyl (C=O) groups is 2. The summed E-state index contributed by atoms with van der Waals surface area (Å²) in [6, 6.07) is 26.3. The van der Waals surface area contributed by atoms with Gasteiger partial charge in [0.15, 0.2) is 6.61 Å². The molecule has 0 aliphatic carbocycles. The number of nitrogens with one attached hydrogen (secondary N) is 2. The summed E-state index contributed by atoms with van der Waals surface area (Å²) in [6.45, 7) is -0.0832. The van der Waals surface area contributed by atoms with E-state index >= 15 is 0 Å². The van der Waals surface area contributed by atoms with Gasteiger partial charge in [0, 0.05) is 17.8 Å². The van der Waals surface area contributed by atoms with Crippen molar-refractivity contribution in [1.29, 1.82) is 0 Å². The highest BCUT2D eigenvalue weighted by atomic mass is 16.5. The molecule has 0 saturated heterocycles. The number of carbonyl (C=O) groups excluding carboxylic acids is 2. The Hall–Kier alpha value is -3.60. The third-order valence-corrected chi connectivity index (χ3v) is 4.26. The van der Waals surface area contributed by atoms with Gasteiger partial charge in [0.05, 0.1) is 0 Å². The van der Waals surface area contributed by atoms with Crippen LogP contribution in [0.4, 0.5) is 11.4 Å². The first-order valence-electron chi connectivity index (χ1n) is 9.60. The van der Waals surface area contributed by atoms with Crippen molar-refractivity contribution in [2.75, 3.05) is 17.2 Å². The van der Waals surface area contributed by atoms with Crippen LogP contribution in [0.2, 0.25) is 0 Å². The summed E-state index contributed by atoms with van der Waals surface area (Å²) in [6.07, 6.45) is 2.09. The lowest BCUT2D eigenvalue weighted by molar-refractivity contribution is -0.118. The predicted octanol–water partition coefficient (Wildman–Crippen LogP) is 4.67. The summed E-state index contributed by atoms with van der Waals surface area (Å²) < 4.78 is 5.43. The fourth-order valence-corrected chi connectivity index (χ4v) is 2.86. The third-order valence-electron chi connectivity index (χ3n) is 4.26. The lowest BCUT2D eigenvalue weighted by Gasteiger charge is -2.10. The highest BCUT2D eigenvalue weighted by Crippen LogP contribution is 2.16. The van der Waals surface area contributed by atoms with Crippen molar-refractivity contribution in [2.24, 2.45) is 0 Å². The molecule has 5 nitrogen and oxygen atoms in total. The number of rotatable bonds is 9. The zero-order valence-corrected chi connectivity index (χ0v) is 16.1. The molecule has 0 radical (unpaired) electrons. The van der Waals surface area contributed by atoms with Crippen LogP contribution < -0.4 is 15.4 Å². The van der Waals surface area contributed by atoms with E-state index in [2.05, 4.69) is 22.8 Å². The number of ether oxygens (including phenoxy) is 1. The molecule has 3 rings (SSSR count). The Bertz CT molecular complexity index is 927. The first-order chi connectivity index (χ1) is 14.2. The van der Waals surface area contributed by atoms with Gasteiger partial charge >= 0.3 is 0 Å². The maximum absolute atomic E-state index is 12.2. The number of anilines is 2. The van der Waals surface area contributed by atoms with Crippen LogP contribution in [-0.4, -0.2) is 18.4 Å². The third kappa shape index (κ3) is 7.14. The number of benzene rings is 3. The highest BCUT2D eigenvalue weighted by Gasteiger charge is 2.06. The molecular weight excluding hydrogens is 364 g/mol. The van der Waals surface area contributed by atoms with Crippen molar-refractivity contribution in [3.05, 3.63) is 90.5 Å². The zero-order chi connectivity index (χ0) is 20.3. The largest absolute Gasteiger partial charge is 0.484 e. The average Bonchev–Trinajstić information content (AvgIpc) is 2.74. The van der Waals surface area contributed by atoms with Crippen molar-refractivity contribution >= 4 is 23.2 Å². The van der Waals surface area contributed by atoms with Gasteiger partial charge in [0.25, 0.3) is 5.91 Å². The van der Waals surface area contributed by atoms with Crippen LogP contribution in [0.15, 0.2) is 84.9 Å². The molecule has 0 bridgehead atoms. The fraction of sp³-hybridized carbons (Fsp3) is 0.167. The van der Waals surface area contributed by atoms with Gasteiger partial charge in [-0.05, 0) is 48.7 Å². The van der Waals surface area contributed by atoms with Gasteiger partial charge in [-0.2, -0.15) is 0 Å². The van der Waals surface area contributed by atoms with E-state index in [4.69, 9.17) is 4.74 Å². The molecule has 3 aromatic rings. The lowest BCUT2D eigenvalue weighted by Crippen LogP contribution is -2.20. The van der Waals surface area contributed by atoms with Crippen LogP contribution in [0.25, 0.3) is 0 Å². The molecule has 0 heterocycles. The second-order valence-corrected chi connectivity index (χ2v) is 6.62. The normalized spacial score (nSPS) is 10.2. The van der Waals surface area contributed by atoms with Crippen molar-refractivity contribution in [2.45, 2.75) is 19.3 Å². The molecule has 5 heteroatoms. The molecule has 0 unspecified atom stereocenters. The van der Waals surface area contributed by atoms with E-state index in [0.29, 0.717) is 23.5 Å². The lowest BCUT2D eigenvalue weighted by atomic mass is 10.1. The van der Waals surface area contributed by atoms with Crippen molar-refractivity contribution in [3.8, 4) is 5.75 Å². The minimum absolute atomic E-state index is 0.0446. The molecular formula is C24H24N2O3. The number of amides is 2. The maximum Gasteiger partial charge on any atom is 0.262 e. The molecule has 29 heavy (non-hydrogen) atoms. The first-order valence-corrected chi connectivity index (χ1v) is 9.60. The Balaban J connectivity index is 1.43. The standard InChI is InChI=1S/C24H24N2O3/c27-23(16-7-11-19-9-3-1-4-10-19)25-20-12-8-13-21(17-20)26-24(28)18-29-22-14-5-2-6-15-22/h1-6,8-10,12-15,17H,7,11,16,18H2,(H,25,27)(H,26,28). The SMILES string of the molecule is O=C(CCCc1ccccc1)Nc1cccc(NC(=O)COc2ccccc2)c1. The van der Waals surface area contributed by atoms with E-state index in [9.17, 15) is 9.59 Å². The van der Waals surface area contributed by atoms with Crippen LogP contribution in [0.5, 0.6) is 5.75 Å². The maximum atomic E-state index is 12.2. The molecule has 0 atom stereocenters. The van der Waals surface area contributed by atoms with Gasteiger partial charge in [-0.1, -0.05) is 54.6 Å². The molecule has 148 valence electrons. The monoisotopic (exact) mass is 388 g/mol. The second-order valence-electron chi connectivity index (χ2n) is 6.62. The molecule has 2 N–H and O–H groups in total. The molecule has 0 fully saturated rings. The number of hydrogen-bond donors (Lipinski definition) is 2. The van der Waals surface area contributed by atoms with Gasteiger partial charge in [0.2, 0.25) is 5.91 Å². The van der Waals surface area contributed by atoms with E-state index in [-0.39, 0.29) is 18.4 Å². The smallest absolute Gasteiger partial charge is 0.262 e. The van der Waals surface area contributed by atoms with E-state index in [1.807, 2.05) is 36.4 Å². The molecule has 2 amide bonds. The molecule has 0 aromatic heterocycles. The Kier molecular flexibility index (Phi) is 7.41. The van der Waals surface area contributed by atoms with E-state index < -0.39 is 0 Å². The van der Waals surface area contributed by atoms with Crippen LogP contribution in [-0.2, 0) is 16.0 Å². The minimum atomic E-state index is -0.264. The summed E-state index contributed by atoms with van der Waals surface area (Å²) in [5.74, 6) is 0.330. The quantitative estimate of drug-likeness (QED) is 0.560. The first kappa shape index (κ1) is 20.1. The summed E-state index contributed by atoms with van der Waals surface area (Å²) in [7, 11) is 0. The Morgan fingerprint density at radius 2 is 1.34 bits per heavy atom. The minimum Gasteiger partial charge on any atom is -0.484 e. The summed E-state index contributed by atoms with van der Waals surface area (Å²) in [5, 5.41) is 5.65. The van der Waals surface area contributed by atoms with Crippen LogP contribution in [0.1, 0.15) is 18.4 Å². The van der Waals surface area contributed by atoms with Gasteiger partial charge in [-0.3, -0.25) is 9.59 Å². The van der Waals surface area contributed by atoms with Crippen LogP contribution >= 0.6 is 0 Å². The average molecular weight is 388 g/mol.